The molecule has 192 valence electrons. The number of aryl methyl sites for hydroxylation is 2. The zero-order valence-electron chi connectivity index (χ0n) is 20.8. The first kappa shape index (κ1) is 26.7. The Kier molecular flexibility index (Phi) is 8.57. The van der Waals surface area contributed by atoms with Gasteiger partial charge in [-0.2, -0.15) is 4.31 Å². The molecule has 0 saturated carbocycles. The summed E-state index contributed by atoms with van der Waals surface area (Å²) >= 11 is 0. The second kappa shape index (κ2) is 11.2. The molecule has 1 aliphatic rings. The van der Waals surface area contributed by atoms with E-state index in [9.17, 15) is 18.0 Å². The van der Waals surface area contributed by atoms with E-state index in [1.54, 1.807) is 24.6 Å². The lowest BCUT2D eigenvalue weighted by atomic mass is 10.1. The number of amides is 2. The van der Waals surface area contributed by atoms with Crippen molar-refractivity contribution in [2.24, 2.45) is 5.73 Å². The van der Waals surface area contributed by atoms with Crippen molar-refractivity contribution in [1.29, 1.82) is 0 Å². The molecule has 1 aromatic heterocycles. The minimum absolute atomic E-state index is 0.0197. The number of anilines is 1. The number of aromatic nitrogens is 1. The van der Waals surface area contributed by atoms with E-state index in [4.69, 9.17) is 10.5 Å². The number of nitrogens with one attached hydrogen (secondary N) is 1. The Morgan fingerprint density at radius 3 is 2.37 bits per heavy atom. The molecule has 0 radical (unpaired) electrons. The zero-order valence-corrected chi connectivity index (χ0v) is 21.7. The van der Waals surface area contributed by atoms with Crippen LogP contribution in [0.1, 0.15) is 53.5 Å². The average Bonchev–Trinajstić information content (AvgIpc) is 3.14. The second-order valence-electron chi connectivity index (χ2n) is 8.48. The van der Waals surface area contributed by atoms with Gasteiger partial charge in [0.15, 0.2) is 0 Å². The molecule has 10 nitrogen and oxygen atoms in total. The molecular formula is C24H35N5O5S. The predicted octanol–water partition coefficient (Wildman–Crippen LogP) is 2.28. The minimum Gasteiger partial charge on any atom is -0.493 e. The van der Waals surface area contributed by atoms with Crippen LogP contribution in [-0.4, -0.2) is 73.3 Å². The van der Waals surface area contributed by atoms with E-state index < -0.39 is 21.8 Å². The van der Waals surface area contributed by atoms with Crippen LogP contribution in [0.2, 0.25) is 0 Å². The number of carbonyl (C=O) groups is 2. The lowest BCUT2D eigenvalue weighted by Crippen LogP contribution is -2.48. The second-order valence-corrected chi connectivity index (χ2v) is 10.4. The highest BCUT2D eigenvalue weighted by Gasteiger charge is 2.30. The molecule has 0 unspecified atom stereocenters. The van der Waals surface area contributed by atoms with Crippen LogP contribution in [0, 0.1) is 6.92 Å². The van der Waals surface area contributed by atoms with Crippen molar-refractivity contribution < 1.29 is 22.7 Å². The van der Waals surface area contributed by atoms with Crippen molar-refractivity contribution >= 4 is 27.7 Å². The standard InChI is InChI=1S/C24H35N5O5S/c1-5-10-28-16-17(4)21(22(25)30)23(28)26-24(31)19-15-18(8-9-20(19)34-7-3)35(32,33)29-13-11-27(6-2)12-14-29/h8-9,15-16H,5-7,10-14H2,1-4H3,(H2,25,30)(H,26,31). The van der Waals surface area contributed by atoms with Gasteiger partial charge in [0.25, 0.3) is 11.8 Å². The van der Waals surface area contributed by atoms with E-state index in [2.05, 4.69) is 10.2 Å². The molecule has 1 aliphatic heterocycles. The first-order valence-corrected chi connectivity index (χ1v) is 13.4. The number of hydrogen-bond acceptors (Lipinski definition) is 6. The van der Waals surface area contributed by atoms with Crippen LogP contribution in [0.15, 0.2) is 29.3 Å². The number of rotatable bonds is 10. The first-order valence-electron chi connectivity index (χ1n) is 11.9. The van der Waals surface area contributed by atoms with Crippen molar-refractivity contribution in [2.45, 2.75) is 45.6 Å². The number of nitrogens with zero attached hydrogens (tertiary/aromatic N) is 3. The van der Waals surface area contributed by atoms with Crippen molar-refractivity contribution in [3.05, 3.63) is 41.1 Å². The van der Waals surface area contributed by atoms with Gasteiger partial charge in [-0.05, 0) is 50.6 Å². The molecule has 2 heterocycles. The number of carbonyl (C=O) groups excluding carboxylic acids is 2. The fourth-order valence-corrected chi connectivity index (χ4v) is 5.74. The van der Waals surface area contributed by atoms with Gasteiger partial charge in [-0.3, -0.25) is 9.59 Å². The fraction of sp³-hybridized carbons (Fsp3) is 0.500. The van der Waals surface area contributed by atoms with Crippen molar-refractivity contribution in [1.82, 2.24) is 13.8 Å². The topological polar surface area (TPSA) is 127 Å². The van der Waals surface area contributed by atoms with Gasteiger partial charge in [0.2, 0.25) is 10.0 Å². The summed E-state index contributed by atoms with van der Waals surface area (Å²) in [6.45, 7) is 11.4. The lowest BCUT2D eigenvalue weighted by molar-refractivity contribution is 0.100. The third kappa shape index (κ3) is 5.68. The average molecular weight is 506 g/mol. The van der Waals surface area contributed by atoms with Gasteiger partial charge in [0.1, 0.15) is 11.6 Å². The van der Waals surface area contributed by atoms with Crippen molar-refractivity contribution in [3.8, 4) is 5.75 Å². The Morgan fingerprint density at radius 2 is 1.80 bits per heavy atom. The van der Waals surface area contributed by atoms with Crippen LogP contribution in [0.5, 0.6) is 5.75 Å². The quantitative estimate of drug-likeness (QED) is 0.510. The molecule has 2 amide bonds. The molecule has 1 aromatic carbocycles. The number of benzene rings is 1. The smallest absolute Gasteiger partial charge is 0.260 e. The number of likely N-dealkylation sites (N-methyl/N-ethyl adjacent to an activating group) is 1. The van der Waals surface area contributed by atoms with Crippen LogP contribution in [0.25, 0.3) is 0 Å². The van der Waals surface area contributed by atoms with Crippen molar-refractivity contribution in [2.75, 3.05) is 44.6 Å². The van der Waals surface area contributed by atoms with Gasteiger partial charge in [0, 0.05) is 38.9 Å². The molecule has 3 N–H and O–H groups in total. The summed E-state index contributed by atoms with van der Waals surface area (Å²) in [4.78, 5) is 27.7. The number of ether oxygens (including phenoxy) is 1. The molecule has 35 heavy (non-hydrogen) atoms. The van der Waals surface area contributed by atoms with Gasteiger partial charge in [0.05, 0.1) is 22.6 Å². The molecule has 11 heteroatoms. The van der Waals surface area contributed by atoms with Crippen molar-refractivity contribution in [3.63, 3.8) is 0 Å². The highest BCUT2D eigenvalue weighted by Crippen LogP contribution is 2.28. The Balaban J connectivity index is 1.98. The Bertz CT molecular complexity index is 1180. The summed E-state index contributed by atoms with van der Waals surface area (Å²) in [6, 6.07) is 4.30. The summed E-state index contributed by atoms with van der Waals surface area (Å²) in [6.07, 6.45) is 2.54. The van der Waals surface area contributed by atoms with E-state index in [1.807, 2.05) is 13.8 Å². The predicted molar refractivity (Wildman–Crippen MR) is 134 cm³/mol. The maximum Gasteiger partial charge on any atom is 0.260 e. The monoisotopic (exact) mass is 505 g/mol. The third-order valence-electron chi connectivity index (χ3n) is 6.12. The van der Waals surface area contributed by atoms with Crippen LogP contribution in [0.4, 0.5) is 5.82 Å². The van der Waals surface area contributed by atoms with E-state index in [0.717, 1.165) is 13.0 Å². The van der Waals surface area contributed by atoms with Gasteiger partial charge in [-0.1, -0.05) is 13.8 Å². The molecule has 0 atom stereocenters. The summed E-state index contributed by atoms with van der Waals surface area (Å²) in [7, 11) is -3.80. The van der Waals surface area contributed by atoms with Gasteiger partial charge < -0.3 is 25.3 Å². The molecule has 2 aromatic rings. The van der Waals surface area contributed by atoms with Gasteiger partial charge in [-0.15, -0.1) is 0 Å². The number of primary amides is 1. The van der Waals surface area contributed by atoms with Crippen LogP contribution in [0.3, 0.4) is 0 Å². The molecule has 0 aliphatic carbocycles. The van der Waals surface area contributed by atoms with E-state index in [0.29, 0.717) is 44.9 Å². The Labute approximate surface area is 207 Å². The largest absolute Gasteiger partial charge is 0.493 e. The lowest BCUT2D eigenvalue weighted by Gasteiger charge is -2.33. The summed E-state index contributed by atoms with van der Waals surface area (Å²) in [5.41, 5.74) is 6.52. The summed E-state index contributed by atoms with van der Waals surface area (Å²) in [5.74, 6) is -0.696. The van der Waals surface area contributed by atoms with Crippen LogP contribution < -0.4 is 15.8 Å². The Hall–Kier alpha value is -2.89. The van der Waals surface area contributed by atoms with Crippen LogP contribution in [-0.2, 0) is 16.6 Å². The van der Waals surface area contributed by atoms with Crippen LogP contribution >= 0.6 is 0 Å². The molecule has 3 rings (SSSR count). The molecule has 0 bridgehead atoms. The SMILES string of the molecule is CCCn1cc(C)c(C(N)=O)c1NC(=O)c1cc(S(=O)(=O)N2CCN(CC)CC2)ccc1OCC. The normalized spacial score (nSPS) is 15.2. The molecule has 1 fully saturated rings. The van der Waals surface area contributed by atoms with E-state index >= 15 is 0 Å². The number of piperazine rings is 1. The van der Waals surface area contributed by atoms with Gasteiger partial charge in [-0.25, -0.2) is 8.42 Å². The highest BCUT2D eigenvalue weighted by molar-refractivity contribution is 7.89. The Morgan fingerprint density at radius 1 is 1.11 bits per heavy atom. The minimum atomic E-state index is -3.80. The number of sulfonamides is 1. The first-order chi connectivity index (χ1) is 16.6. The van der Waals surface area contributed by atoms with E-state index in [1.165, 1.54) is 22.5 Å². The van der Waals surface area contributed by atoms with E-state index in [-0.39, 0.29) is 27.6 Å². The zero-order chi connectivity index (χ0) is 25.8. The maximum atomic E-state index is 13.4. The summed E-state index contributed by atoms with van der Waals surface area (Å²) in [5, 5.41) is 2.78. The highest BCUT2D eigenvalue weighted by atomic mass is 32.2. The summed E-state index contributed by atoms with van der Waals surface area (Å²) < 4.78 is 35.5. The maximum absolute atomic E-state index is 13.4. The molecule has 1 saturated heterocycles. The number of hydrogen-bond donors (Lipinski definition) is 2. The third-order valence-corrected chi connectivity index (χ3v) is 8.02. The number of nitrogens with two attached hydrogens (primary N) is 1. The van der Waals surface area contributed by atoms with Gasteiger partial charge >= 0.3 is 0 Å². The molecular weight excluding hydrogens is 470 g/mol. The molecule has 0 spiro atoms. The fourth-order valence-electron chi connectivity index (χ4n) is 4.29.